The second-order valence-electron chi connectivity index (χ2n) is 5.81. The SMILES string of the molecule is CC(C)(C)Nc1ncc(C(=O)Nc2ccc(C#N)cc2)cn1. The fourth-order valence-electron chi connectivity index (χ4n) is 1.68. The number of nitrogens with one attached hydrogen (secondary N) is 2. The third-order valence-corrected chi connectivity index (χ3v) is 2.67. The summed E-state index contributed by atoms with van der Waals surface area (Å²) in [6.07, 6.45) is 2.94. The Labute approximate surface area is 129 Å². The van der Waals surface area contributed by atoms with E-state index in [1.165, 1.54) is 12.4 Å². The molecular weight excluding hydrogens is 278 g/mol. The molecule has 1 heterocycles. The number of carbonyl (C=O) groups excluding carboxylic acids is 1. The van der Waals surface area contributed by atoms with E-state index in [4.69, 9.17) is 5.26 Å². The van der Waals surface area contributed by atoms with Crippen molar-refractivity contribution in [2.75, 3.05) is 10.6 Å². The molecule has 112 valence electrons. The monoisotopic (exact) mass is 295 g/mol. The Morgan fingerprint density at radius 3 is 2.23 bits per heavy atom. The van der Waals surface area contributed by atoms with Crippen LogP contribution < -0.4 is 10.6 Å². The maximum atomic E-state index is 12.1. The minimum absolute atomic E-state index is 0.147. The molecule has 2 rings (SSSR count). The average Bonchev–Trinajstić information content (AvgIpc) is 2.47. The quantitative estimate of drug-likeness (QED) is 0.908. The highest BCUT2D eigenvalue weighted by atomic mass is 16.1. The number of hydrogen-bond donors (Lipinski definition) is 2. The smallest absolute Gasteiger partial charge is 0.258 e. The van der Waals surface area contributed by atoms with Crippen LogP contribution in [0.5, 0.6) is 0 Å². The number of anilines is 2. The first kappa shape index (κ1) is 15.4. The van der Waals surface area contributed by atoms with Crippen LogP contribution in [0.3, 0.4) is 0 Å². The standard InChI is InChI=1S/C16H17N5O/c1-16(2,3)21-15-18-9-12(10-19-15)14(22)20-13-6-4-11(8-17)5-7-13/h4-7,9-10H,1-3H3,(H,20,22)(H,18,19,21). The molecule has 0 bridgehead atoms. The molecule has 2 N–H and O–H groups in total. The molecule has 6 heteroatoms. The Hall–Kier alpha value is -2.94. The van der Waals surface area contributed by atoms with Gasteiger partial charge in [-0.1, -0.05) is 0 Å². The number of carbonyl (C=O) groups is 1. The first-order valence-electron chi connectivity index (χ1n) is 6.79. The van der Waals surface area contributed by atoms with Gasteiger partial charge in [0.15, 0.2) is 0 Å². The molecule has 2 aromatic rings. The van der Waals surface area contributed by atoms with E-state index in [1.54, 1.807) is 24.3 Å². The molecule has 0 unspecified atom stereocenters. The zero-order chi connectivity index (χ0) is 16.2. The van der Waals surface area contributed by atoms with Gasteiger partial charge in [-0.15, -0.1) is 0 Å². The summed E-state index contributed by atoms with van der Waals surface area (Å²) in [4.78, 5) is 20.3. The topological polar surface area (TPSA) is 90.7 Å². The van der Waals surface area contributed by atoms with Crippen molar-refractivity contribution in [3.05, 3.63) is 47.8 Å². The van der Waals surface area contributed by atoms with Crippen LogP contribution in [0.25, 0.3) is 0 Å². The highest BCUT2D eigenvalue weighted by molar-refractivity contribution is 6.03. The lowest BCUT2D eigenvalue weighted by atomic mass is 10.1. The van der Waals surface area contributed by atoms with Gasteiger partial charge in [0.1, 0.15) is 0 Å². The molecule has 0 spiro atoms. The van der Waals surface area contributed by atoms with Gasteiger partial charge in [-0.25, -0.2) is 9.97 Å². The predicted molar refractivity (Wildman–Crippen MR) is 84.5 cm³/mol. The first-order chi connectivity index (χ1) is 10.4. The van der Waals surface area contributed by atoms with Crippen LogP contribution >= 0.6 is 0 Å². The molecule has 0 radical (unpaired) electrons. The van der Waals surface area contributed by atoms with Crippen LogP contribution in [-0.4, -0.2) is 21.4 Å². The van der Waals surface area contributed by atoms with Gasteiger partial charge in [0.05, 0.1) is 17.2 Å². The Morgan fingerprint density at radius 2 is 1.73 bits per heavy atom. The van der Waals surface area contributed by atoms with Crippen LogP contribution in [0.4, 0.5) is 11.6 Å². The average molecular weight is 295 g/mol. The maximum absolute atomic E-state index is 12.1. The van der Waals surface area contributed by atoms with Crippen LogP contribution in [0, 0.1) is 11.3 Å². The van der Waals surface area contributed by atoms with E-state index in [9.17, 15) is 4.79 Å². The van der Waals surface area contributed by atoms with Crippen molar-refractivity contribution in [3.63, 3.8) is 0 Å². The lowest BCUT2D eigenvalue weighted by Crippen LogP contribution is -2.27. The number of amides is 1. The zero-order valence-electron chi connectivity index (χ0n) is 12.7. The number of hydrogen-bond acceptors (Lipinski definition) is 5. The Bertz CT molecular complexity index is 693. The summed E-state index contributed by atoms with van der Waals surface area (Å²) < 4.78 is 0. The van der Waals surface area contributed by atoms with E-state index in [1.807, 2.05) is 26.8 Å². The van der Waals surface area contributed by atoms with Crippen molar-refractivity contribution in [2.24, 2.45) is 0 Å². The highest BCUT2D eigenvalue weighted by Crippen LogP contribution is 2.12. The number of rotatable bonds is 3. The van der Waals surface area contributed by atoms with Gasteiger partial charge >= 0.3 is 0 Å². The molecule has 1 aromatic heterocycles. The van der Waals surface area contributed by atoms with Crippen LogP contribution in [-0.2, 0) is 0 Å². The van der Waals surface area contributed by atoms with E-state index in [0.29, 0.717) is 22.8 Å². The van der Waals surface area contributed by atoms with Crippen molar-refractivity contribution >= 4 is 17.5 Å². The van der Waals surface area contributed by atoms with Crippen molar-refractivity contribution < 1.29 is 4.79 Å². The zero-order valence-corrected chi connectivity index (χ0v) is 12.7. The number of nitrogens with zero attached hydrogens (tertiary/aromatic N) is 3. The van der Waals surface area contributed by atoms with Gasteiger partial charge in [0, 0.05) is 23.6 Å². The summed E-state index contributed by atoms with van der Waals surface area (Å²) >= 11 is 0. The molecule has 0 aliphatic heterocycles. The lowest BCUT2D eigenvalue weighted by molar-refractivity contribution is 0.102. The highest BCUT2D eigenvalue weighted by Gasteiger charge is 2.12. The lowest BCUT2D eigenvalue weighted by Gasteiger charge is -2.20. The van der Waals surface area contributed by atoms with E-state index in [-0.39, 0.29) is 11.4 Å². The van der Waals surface area contributed by atoms with E-state index < -0.39 is 0 Å². The fraction of sp³-hybridized carbons (Fsp3) is 0.250. The molecule has 1 amide bonds. The van der Waals surface area contributed by atoms with Crippen LogP contribution in [0.1, 0.15) is 36.7 Å². The van der Waals surface area contributed by atoms with Crippen molar-refractivity contribution in [1.29, 1.82) is 5.26 Å². The van der Waals surface area contributed by atoms with Gasteiger partial charge in [0.25, 0.3) is 5.91 Å². The molecule has 0 saturated carbocycles. The molecule has 0 fully saturated rings. The normalized spacial score (nSPS) is 10.6. The second kappa shape index (κ2) is 6.22. The van der Waals surface area contributed by atoms with Crippen LogP contribution in [0.15, 0.2) is 36.7 Å². The maximum Gasteiger partial charge on any atom is 0.258 e. The summed E-state index contributed by atoms with van der Waals surface area (Å²) in [5, 5.41) is 14.6. The van der Waals surface area contributed by atoms with Crippen molar-refractivity contribution in [3.8, 4) is 6.07 Å². The predicted octanol–water partition coefficient (Wildman–Crippen LogP) is 2.81. The Kier molecular flexibility index (Phi) is 4.37. The largest absolute Gasteiger partial charge is 0.350 e. The molecule has 0 aliphatic carbocycles. The van der Waals surface area contributed by atoms with Crippen molar-refractivity contribution in [2.45, 2.75) is 26.3 Å². The second-order valence-corrected chi connectivity index (χ2v) is 5.81. The molecular formula is C16H17N5O. The van der Waals surface area contributed by atoms with Gasteiger partial charge in [-0.3, -0.25) is 4.79 Å². The Morgan fingerprint density at radius 1 is 1.14 bits per heavy atom. The number of benzene rings is 1. The Balaban J connectivity index is 2.04. The summed E-state index contributed by atoms with van der Waals surface area (Å²) in [7, 11) is 0. The molecule has 0 atom stereocenters. The first-order valence-corrected chi connectivity index (χ1v) is 6.79. The van der Waals surface area contributed by atoms with E-state index in [2.05, 4.69) is 20.6 Å². The minimum Gasteiger partial charge on any atom is -0.350 e. The third kappa shape index (κ3) is 4.28. The summed E-state index contributed by atoms with van der Waals surface area (Å²) in [6, 6.07) is 8.65. The molecule has 1 aromatic carbocycles. The number of nitriles is 1. The molecule has 6 nitrogen and oxygen atoms in total. The van der Waals surface area contributed by atoms with Gasteiger partial charge in [0.2, 0.25) is 5.95 Å². The molecule has 22 heavy (non-hydrogen) atoms. The third-order valence-electron chi connectivity index (χ3n) is 2.67. The number of aromatic nitrogens is 2. The van der Waals surface area contributed by atoms with Crippen molar-refractivity contribution in [1.82, 2.24) is 9.97 Å². The van der Waals surface area contributed by atoms with Crippen LogP contribution in [0.2, 0.25) is 0 Å². The molecule has 0 aliphatic rings. The summed E-state index contributed by atoms with van der Waals surface area (Å²) in [6.45, 7) is 6.01. The molecule has 0 saturated heterocycles. The van der Waals surface area contributed by atoms with Gasteiger partial charge in [-0.05, 0) is 45.0 Å². The van der Waals surface area contributed by atoms with Gasteiger partial charge < -0.3 is 10.6 Å². The minimum atomic E-state index is -0.299. The summed E-state index contributed by atoms with van der Waals surface area (Å²) in [5.74, 6) is 0.175. The summed E-state index contributed by atoms with van der Waals surface area (Å²) in [5.41, 5.74) is 1.37. The van der Waals surface area contributed by atoms with E-state index >= 15 is 0 Å². The van der Waals surface area contributed by atoms with E-state index in [0.717, 1.165) is 0 Å². The fourth-order valence-corrected chi connectivity index (χ4v) is 1.68. The van der Waals surface area contributed by atoms with Gasteiger partial charge in [-0.2, -0.15) is 5.26 Å².